The Bertz CT molecular complexity index is 1360. The van der Waals surface area contributed by atoms with Crippen LogP contribution in [0.25, 0.3) is 22.9 Å². The maximum absolute atomic E-state index is 12.8. The summed E-state index contributed by atoms with van der Waals surface area (Å²) in [6.07, 6.45) is 2.61. The minimum atomic E-state index is -0.214. The minimum absolute atomic E-state index is 0.193. The SMILES string of the molecule is Cc1cccc(-c2nnc(-c3ccc(C(=O)Nc4cccc(CN5CCCCC5=O)c4)cc3)o2)c1. The smallest absolute Gasteiger partial charge is 0.255 e. The van der Waals surface area contributed by atoms with Crippen LogP contribution in [0.15, 0.2) is 77.2 Å². The van der Waals surface area contributed by atoms with Crippen LogP contribution in [0.2, 0.25) is 0 Å². The molecule has 7 nitrogen and oxygen atoms in total. The third-order valence-electron chi connectivity index (χ3n) is 6.06. The first-order chi connectivity index (χ1) is 17.0. The van der Waals surface area contributed by atoms with Crippen LogP contribution in [0.1, 0.15) is 40.7 Å². The van der Waals surface area contributed by atoms with Crippen molar-refractivity contribution in [1.29, 1.82) is 0 Å². The molecule has 1 aromatic heterocycles. The highest BCUT2D eigenvalue weighted by molar-refractivity contribution is 6.04. The molecule has 7 heteroatoms. The summed E-state index contributed by atoms with van der Waals surface area (Å²) < 4.78 is 5.84. The van der Waals surface area contributed by atoms with Gasteiger partial charge in [-0.25, -0.2) is 0 Å². The second-order valence-corrected chi connectivity index (χ2v) is 8.79. The predicted octanol–water partition coefficient (Wildman–Crippen LogP) is 5.48. The Hall–Kier alpha value is -4.26. The molecule has 5 rings (SSSR count). The normalized spacial score (nSPS) is 13.6. The summed E-state index contributed by atoms with van der Waals surface area (Å²) in [6.45, 7) is 3.36. The number of aryl methyl sites for hydroxylation is 1. The second kappa shape index (κ2) is 9.93. The Morgan fingerprint density at radius 3 is 2.49 bits per heavy atom. The molecule has 1 N–H and O–H groups in total. The number of hydrogen-bond acceptors (Lipinski definition) is 5. The molecule has 0 spiro atoms. The molecule has 0 unspecified atom stereocenters. The van der Waals surface area contributed by atoms with Crippen LogP contribution in [-0.2, 0) is 11.3 Å². The largest absolute Gasteiger partial charge is 0.416 e. The van der Waals surface area contributed by atoms with E-state index in [1.54, 1.807) is 24.3 Å². The van der Waals surface area contributed by atoms with Gasteiger partial charge in [0.1, 0.15) is 0 Å². The molecule has 0 saturated carbocycles. The van der Waals surface area contributed by atoms with E-state index in [-0.39, 0.29) is 11.8 Å². The molecule has 0 radical (unpaired) electrons. The van der Waals surface area contributed by atoms with Crippen molar-refractivity contribution in [3.63, 3.8) is 0 Å². The van der Waals surface area contributed by atoms with Gasteiger partial charge in [0.05, 0.1) is 0 Å². The number of nitrogens with zero attached hydrogens (tertiary/aromatic N) is 3. The number of rotatable bonds is 6. The van der Waals surface area contributed by atoms with Gasteiger partial charge in [-0.2, -0.15) is 0 Å². The quantitative estimate of drug-likeness (QED) is 0.407. The zero-order valence-corrected chi connectivity index (χ0v) is 19.5. The standard InChI is InChI=1S/C28H26N4O3/c1-19-6-4-8-23(16-19)28-31-30-27(35-28)22-13-11-21(12-14-22)26(34)29-24-9-5-7-20(17-24)18-32-15-3-2-10-25(32)33/h4-9,11-14,16-17H,2-3,10,15,18H2,1H3,(H,29,34). The lowest BCUT2D eigenvalue weighted by atomic mass is 10.1. The van der Waals surface area contributed by atoms with Crippen LogP contribution in [0.4, 0.5) is 5.69 Å². The third-order valence-corrected chi connectivity index (χ3v) is 6.06. The van der Waals surface area contributed by atoms with Gasteiger partial charge < -0.3 is 14.6 Å². The van der Waals surface area contributed by atoms with Gasteiger partial charge in [-0.1, -0.05) is 29.8 Å². The van der Waals surface area contributed by atoms with Crippen molar-refractivity contribution < 1.29 is 14.0 Å². The summed E-state index contributed by atoms with van der Waals surface area (Å²) >= 11 is 0. The van der Waals surface area contributed by atoms with E-state index in [1.807, 2.05) is 60.4 Å². The number of piperidine rings is 1. The Morgan fingerprint density at radius 1 is 0.943 bits per heavy atom. The van der Waals surface area contributed by atoms with Crippen LogP contribution >= 0.6 is 0 Å². The van der Waals surface area contributed by atoms with Crippen molar-refractivity contribution in [3.05, 3.63) is 89.5 Å². The van der Waals surface area contributed by atoms with Gasteiger partial charge in [-0.05, 0) is 73.9 Å². The molecular formula is C28H26N4O3. The summed E-state index contributed by atoms with van der Waals surface area (Å²) in [6, 6.07) is 22.6. The number of benzene rings is 3. The molecule has 2 amide bonds. The van der Waals surface area contributed by atoms with Gasteiger partial charge in [0.25, 0.3) is 5.91 Å². The average molecular weight is 467 g/mol. The highest BCUT2D eigenvalue weighted by Crippen LogP contribution is 2.25. The van der Waals surface area contributed by atoms with E-state index >= 15 is 0 Å². The number of nitrogens with one attached hydrogen (secondary N) is 1. The lowest BCUT2D eigenvalue weighted by Crippen LogP contribution is -2.34. The van der Waals surface area contributed by atoms with Gasteiger partial charge in [0, 0.05) is 41.9 Å². The average Bonchev–Trinajstić information content (AvgIpc) is 3.36. The first-order valence-corrected chi connectivity index (χ1v) is 11.7. The first-order valence-electron chi connectivity index (χ1n) is 11.7. The van der Waals surface area contributed by atoms with Crippen molar-refractivity contribution in [2.24, 2.45) is 0 Å². The molecule has 0 atom stereocenters. The minimum Gasteiger partial charge on any atom is -0.416 e. The molecule has 1 saturated heterocycles. The molecule has 35 heavy (non-hydrogen) atoms. The number of anilines is 1. The van der Waals surface area contributed by atoms with E-state index in [0.29, 0.717) is 36.0 Å². The van der Waals surface area contributed by atoms with Crippen molar-refractivity contribution in [2.75, 3.05) is 11.9 Å². The number of amides is 2. The third kappa shape index (κ3) is 5.30. The van der Waals surface area contributed by atoms with E-state index < -0.39 is 0 Å². The van der Waals surface area contributed by atoms with Crippen LogP contribution < -0.4 is 5.32 Å². The summed E-state index contributed by atoms with van der Waals surface area (Å²) in [7, 11) is 0. The van der Waals surface area contributed by atoms with E-state index in [9.17, 15) is 9.59 Å². The number of carbonyl (C=O) groups is 2. The van der Waals surface area contributed by atoms with Crippen molar-refractivity contribution >= 4 is 17.5 Å². The van der Waals surface area contributed by atoms with Crippen molar-refractivity contribution in [1.82, 2.24) is 15.1 Å². The van der Waals surface area contributed by atoms with Crippen LogP contribution in [0.5, 0.6) is 0 Å². The Morgan fingerprint density at radius 2 is 1.71 bits per heavy atom. The molecule has 0 bridgehead atoms. The molecule has 4 aromatic rings. The van der Waals surface area contributed by atoms with E-state index in [0.717, 1.165) is 41.6 Å². The van der Waals surface area contributed by atoms with Crippen LogP contribution in [0, 0.1) is 6.92 Å². The van der Waals surface area contributed by atoms with E-state index in [4.69, 9.17) is 4.42 Å². The van der Waals surface area contributed by atoms with Gasteiger partial charge in [0.15, 0.2) is 0 Å². The van der Waals surface area contributed by atoms with Gasteiger partial charge in [-0.3, -0.25) is 9.59 Å². The maximum atomic E-state index is 12.8. The Labute approximate surface area is 203 Å². The first kappa shape index (κ1) is 22.5. The maximum Gasteiger partial charge on any atom is 0.255 e. The Balaban J connectivity index is 1.25. The molecule has 1 aliphatic heterocycles. The van der Waals surface area contributed by atoms with Crippen LogP contribution in [0.3, 0.4) is 0 Å². The molecule has 1 aliphatic rings. The second-order valence-electron chi connectivity index (χ2n) is 8.79. The van der Waals surface area contributed by atoms with Crippen molar-refractivity contribution in [3.8, 4) is 22.9 Å². The van der Waals surface area contributed by atoms with Gasteiger partial charge >= 0.3 is 0 Å². The predicted molar refractivity (Wildman–Crippen MR) is 134 cm³/mol. The highest BCUT2D eigenvalue weighted by Gasteiger charge is 2.18. The molecular weight excluding hydrogens is 440 g/mol. The number of likely N-dealkylation sites (tertiary alicyclic amines) is 1. The van der Waals surface area contributed by atoms with E-state index in [2.05, 4.69) is 15.5 Å². The fourth-order valence-corrected chi connectivity index (χ4v) is 4.20. The lowest BCUT2D eigenvalue weighted by molar-refractivity contribution is -0.133. The fourth-order valence-electron chi connectivity index (χ4n) is 4.20. The number of hydrogen-bond donors (Lipinski definition) is 1. The molecule has 2 heterocycles. The number of aromatic nitrogens is 2. The van der Waals surface area contributed by atoms with Crippen LogP contribution in [-0.4, -0.2) is 33.5 Å². The summed E-state index contributed by atoms with van der Waals surface area (Å²) in [5, 5.41) is 11.2. The van der Waals surface area contributed by atoms with Gasteiger partial charge in [-0.15, -0.1) is 10.2 Å². The summed E-state index contributed by atoms with van der Waals surface area (Å²) in [5.74, 6) is 0.830. The molecule has 0 aliphatic carbocycles. The molecule has 1 fully saturated rings. The summed E-state index contributed by atoms with van der Waals surface area (Å²) in [5.41, 5.74) is 4.93. The molecule has 3 aromatic carbocycles. The van der Waals surface area contributed by atoms with Crippen molar-refractivity contribution in [2.45, 2.75) is 32.7 Å². The topological polar surface area (TPSA) is 88.3 Å². The Kier molecular flexibility index (Phi) is 6.39. The zero-order chi connectivity index (χ0) is 24.2. The lowest BCUT2D eigenvalue weighted by Gasteiger charge is -2.26. The van der Waals surface area contributed by atoms with Gasteiger partial charge in [0.2, 0.25) is 17.7 Å². The number of carbonyl (C=O) groups excluding carboxylic acids is 2. The monoisotopic (exact) mass is 466 g/mol. The summed E-state index contributed by atoms with van der Waals surface area (Å²) in [4.78, 5) is 26.8. The molecule has 176 valence electrons. The zero-order valence-electron chi connectivity index (χ0n) is 19.5. The highest BCUT2D eigenvalue weighted by atomic mass is 16.4. The fraction of sp³-hybridized carbons (Fsp3) is 0.214. The van der Waals surface area contributed by atoms with E-state index in [1.165, 1.54) is 0 Å².